The van der Waals surface area contributed by atoms with Gasteiger partial charge in [-0.05, 0) is 66.5 Å². The van der Waals surface area contributed by atoms with Gasteiger partial charge in [0, 0.05) is 17.8 Å². The van der Waals surface area contributed by atoms with Gasteiger partial charge in [-0.1, -0.05) is 27.7 Å². The van der Waals surface area contributed by atoms with Crippen LogP contribution in [0, 0.1) is 10.8 Å². The highest BCUT2D eigenvalue weighted by Crippen LogP contribution is 2.51. The molecule has 4 rings (SSSR count). The van der Waals surface area contributed by atoms with Gasteiger partial charge in [-0.25, -0.2) is 4.98 Å². The molecule has 0 bridgehead atoms. The third-order valence-corrected chi connectivity index (χ3v) is 6.14. The summed E-state index contributed by atoms with van der Waals surface area (Å²) in [5, 5.41) is 3.12. The van der Waals surface area contributed by atoms with E-state index < -0.39 is 12.7 Å². The summed E-state index contributed by atoms with van der Waals surface area (Å²) >= 11 is 0. The molecule has 0 spiro atoms. The summed E-state index contributed by atoms with van der Waals surface area (Å²) in [5.74, 6) is -0.382. The molecule has 1 aromatic heterocycles. The van der Waals surface area contributed by atoms with Crippen LogP contribution in [0.25, 0.3) is 11.0 Å². The Morgan fingerprint density at radius 2 is 1.36 bits per heavy atom. The summed E-state index contributed by atoms with van der Waals surface area (Å²) < 4.78 is 85.7. The van der Waals surface area contributed by atoms with Crippen molar-refractivity contribution in [1.29, 1.82) is 0 Å². The number of nitrogens with one attached hydrogen (secondary N) is 1. The van der Waals surface area contributed by atoms with Gasteiger partial charge in [0.1, 0.15) is 11.5 Å². The molecule has 1 N–H and O–H groups in total. The molecule has 36 heavy (non-hydrogen) atoms. The molecule has 0 aliphatic heterocycles. The van der Waals surface area contributed by atoms with E-state index in [0.29, 0.717) is 22.7 Å². The van der Waals surface area contributed by atoms with Crippen LogP contribution in [0.5, 0.6) is 11.5 Å². The maximum atomic E-state index is 12.8. The van der Waals surface area contributed by atoms with Crippen LogP contribution in [0.3, 0.4) is 0 Å². The molecule has 3 aromatic rings. The van der Waals surface area contributed by atoms with Gasteiger partial charge in [0.2, 0.25) is 5.95 Å². The third kappa shape index (κ3) is 6.36. The van der Waals surface area contributed by atoms with Gasteiger partial charge < -0.3 is 19.4 Å². The lowest BCUT2D eigenvalue weighted by Crippen LogP contribution is -2.35. The average Bonchev–Trinajstić information content (AvgIpc) is 3.01. The highest BCUT2D eigenvalue weighted by atomic mass is 19.4. The topological polar surface area (TPSA) is 48.3 Å². The number of nitrogens with zero attached hydrogens (tertiary/aromatic N) is 2. The standard InChI is InChI=1S/C25H27F6N3O2/c1-22(2)12-16(13-23(3,4)14-22)34-20-10-9-18(36-25(29,30)31)11-19(20)33-21(34)32-15-5-7-17(8-6-15)35-24(26,27)28/h5-11,16H,12-14H2,1-4H3,(H,32,33). The van der Waals surface area contributed by atoms with Crippen molar-refractivity contribution in [2.75, 3.05) is 5.32 Å². The molecule has 1 heterocycles. The highest BCUT2D eigenvalue weighted by molar-refractivity contribution is 5.81. The van der Waals surface area contributed by atoms with Crippen molar-refractivity contribution >= 4 is 22.7 Å². The van der Waals surface area contributed by atoms with Gasteiger partial charge in [-0.2, -0.15) is 0 Å². The monoisotopic (exact) mass is 515 g/mol. The van der Waals surface area contributed by atoms with Crippen LogP contribution in [0.4, 0.5) is 38.0 Å². The molecule has 196 valence electrons. The Morgan fingerprint density at radius 3 is 1.92 bits per heavy atom. The van der Waals surface area contributed by atoms with E-state index in [4.69, 9.17) is 0 Å². The maximum absolute atomic E-state index is 12.8. The predicted molar refractivity (Wildman–Crippen MR) is 123 cm³/mol. The fraction of sp³-hybridized carbons (Fsp3) is 0.480. The molecule has 1 aliphatic rings. The average molecular weight is 515 g/mol. The lowest BCUT2D eigenvalue weighted by molar-refractivity contribution is -0.275. The summed E-state index contributed by atoms with van der Waals surface area (Å²) in [6, 6.07) is 9.18. The smallest absolute Gasteiger partial charge is 0.406 e. The summed E-state index contributed by atoms with van der Waals surface area (Å²) in [7, 11) is 0. The molecule has 11 heteroatoms. The SMILES string of the molecule is CC1(C)CC(n2c(Nc3ccc(OC(F)(F)F)cc3)nc3cc(OC(F)(F)F)ccc32)CC(C)(C)C1. The van der Waals surface area contributed by atoms with Crippen molar-refractivity contribution in [1.82, 2.24) is 9.55 Å². The molecule has 2 aromatic carbocycles. The fourth-order valence-corrected chi connectivity index (χ4v) is 5.57. The Morgan fingerprint density at radius 1 is 0.833 bits per heavy atom. The van der Waals surface area contributed by atoms with Crippen molar-refractivity contribution in [3.05, 3.63) is 42.5 Å². The predicted octanol–water partition coefficient (Wildman–Crippen LogP) is 8.35. The number of alkyl halides is 6. The van der Waals surface area contributed by atoms with Crippen molar-refractivity contribution in [2.24, 2.45) is 10.8 Å². The van der Waals surface area contributed by atoms with Crippen LogP contribution in [0.15, 0.2) is 42.5 Å². The van der Waals surface area contributed by atoms with E-state index in [2.05, 4.69) is 47.5 Å². The van der Waals surface area contributed by atoms with Crippen LogP contribution in [-0.2, 0) is 0 Å². The van der Waals surface area contributed by atoms with Crippen LogP contribution >= 0.6 is 0 Å². The van der Waals surface area contributed by atoms with Gasteiger partial charge in [-0.15, -0.1) is 26.3 Å². The lowest BCUT2D eigenvalue weighted by atomic mass is 9.63. The number of anilines is 2. The van der Waals surface area contributed by atoms with E-state index in [1.807, 2.05) is 4.57 Å². The van der Waals surface area contributed by atoms with Gasteiger partial charge in [0.15, 0.2) is 0 Å². The first-order chi connectivity index (χ1) is 16.5. The maximum Gasteiger partial charge on any atom is 0.573 e. The molecule has 5 nitrogen and oxygen atoms in total. The highest BCUT2D eigenvalue weighted by Gasteiger charge is 2.40. The minimum atomic E-state index is -4.84. The second kappa shape index (κ2) is 8.77. The van der Waals surface area contributed by atoms with Crippen LogP contribution in [0.2, 0.25) is 0 Å². The van der Waals surface area contributed by atoms with E-state index in [9.17, 15) is 26.3 Å². The molecule has 0 atom stereocenters. The van der Waals surface area contributed by atoms with E-state index in [-0.39, 0.29) is 28.4 Å². The molecule has 1 aliphatic carbocycles. The van der Waals surface area contributed by atoms with Crippen LogP contribution in [0.1, 0.15) is 53.0 Å². The second-order valence-electron chi connectivity index (χ2n) is 10.8. The van der Waals surface area contributed by atoms with Crippen LogP contribution in [-0.4, -0.2) is 22.3 Å². The van der Waals surface area contributed by atoms with Gasteiger partial charge in [0.25, 0.3) is 0 Å². The molecule has 0 amide bonds. The number of aromatic nitrogens is 2. The van der Waals surface area contributed by atoms with Gasteiger partial charge in [-0.3, -0.25) is 0 Å². The summed E-state index contributed by atoms with van der Waals surface area (Å²) in [6.07, 6.45) is -7.00. The normalized spacial score (nSPS) is 18.3. The van der Waals surface area contributed by atoms with Crippen molar-refractivity contribution in [3.63, 3.8) is 0 Å². The largest absolute Gasteiger partial charge is 0.573 e. The summed E-state index contributed by atoms with van der Waals surface area (Å²) in [4.78, 5) is 4.54. The van der Waals surface area contributed by atoms with E-state index in [1.54, 1.807) is 6.07 Å². The second-order valence-corrected chi connectivity index (χ2v) is 10.8. The molecular weight excluding hydrogens is 488 g/mol. The number of halogens is 6. The summed E-state index contributed by atoms with van der Waals surface area (Å²) in [6.45, 7) is 8.73. The molecule has 0 saturated heterocycles. The Balaban J connectivity index is 1.74. The molecule has 0 unspecified atom stereocenters. The van der Waals surface area contributed by atoms with E-state index >= 15 is 0 Å². The molecule has 1 saturated carbocycles. The first-order valence-electron chi connectivity index (χ1n) is 11.4. The number of imidazole rings is 1. The third-order valence-electron chi connectivity index (χ3n) is 6.14. The Hall–Kier alpha value is -3.11. The minimum Gasteiger partial charge on any atom is -0.406 e. The zero-order chi connectivity index (χ0) is 26.5. The Kier molecular flexibility index (Phi) is 6.33. The zero-order valence-corrected chi connectivity index (χ0v) is 20.2. The Bertz CT molecular complexity index is 1210. The Labute approximate surface area is 204 Å². The number of hydrogen-bond donors (Lipinski definition) is 1. The summed E-state index contributed by atoms with van der Waals surface area (Å²) in [5.41, 5.74) is 1.40. The quantitative estimate of drug-likeness (QED) is 0.347. The van der Waals surface area contributed by atoms with Crippen molar-refractivity contribution in [2.45, 2.75) is 65.7 Å². The zero-order valence-electron chi connectivity index (χ0n) is 20.2. The number of hydrogen-bond acceptors (Lipinski definition) is 4. The fourth-order valence-electron chi connectivity index (χ4n) is 5.57. The number of ether oxygens (including phenoxy) is 2. The lowest BCUT2D eigenvalue weighted by Gasteiger charge is -2.45. The van der Waals surface area contributed by atoms with Crippen molar-refractivity contribution < 1.29 is 35.8 Å². The number of fused-ring (bicyclic) bond motifs is 1. The van der Waals surface area contributed by atoms with Crippen LogP contribution < -0.4 is 14.8 Å². The molecular formula is C25H27F6N3O2. The van der Waals surface area contributed by atoms with Crippen molar-refractivity contribution in [3.8, 4) is 11.5 Å². The van der Waals surface area contributed by atoms with Gasteiger partial charge in [0.05, 0.1) is 11.0 Å². The molecule has 1 fully saturated rings. The first-order valence-corrected chi connectivity index (χ1v) is 11.4. The van der Waals surface area contributed by atoms with Gasteiger partial charge >= 0.3 is 12.7 Å². The number of rotatable bonds is 5. The minimum absolute atomic E-state index is 0.0101. The molecule has 0 radical (unpaired) electrons. The van der Waals surface area contributed by atoms with E-state index in [1.165, 1.54) is 36.4 Å². The first kappa shape index (κ1) is 26.0. The number of benzene rings is 2. The van der Waals surface area contributed by atoms with E-state index in [0.717, 1.165) is 19.3 Å².